The molecule has 0 spiro atoms. The van der Waals surface area contributed by atoms with Crippen LogP contribution >= 0.6 is 11.3 Å². The molecule has 0 atom stereocenters. The van der Waals surface area contributed by atoms with Gasteiger partial charge in [0, 0.05) is 17.6 Å². The Bertz CT molecular complexity index is 619. The molecule has 0 aliphatic carbocycles. The molecule has 100 valence electrons. The van der Waals surface area contributed by atoms with E-state index in [9.17, 15) is 9.59 Å². The monoisotopic (exact) mass is 278 g/mol. The Morgan fingerprint density at radius 2 is 2.26 bits per heavy atom. The molecule has 0 bridgehead atoms. The topological polar surface area (TPSA) is 76.9 Å². The second-order valence-electron chi connectivity index (χ2n) is 4.32. The highest BCUT2D eigenvalue weighted by Gasteiger charge is 2.08. The molecule has 2 heterocycles. The van der Waals surface area contributed by atoms with Crippen LogP contribution in [-0.4, -0.2) is 20.4 Å². The maximum Gasteiger partial charge on any atom is 0.254 e. The third-order valence-electron chi connectivity index (χ3n) is 2.48. The van der Waals surface area contributed by atoms with E-state index in [1.807, 2.05) is 13.8 Å². The number of hydrogen-bond acceptors (Lipinski definition) is 5. The first-order valence-electron chi connectivity index (χ1n) is 5.82. The van der Waals surface area contributed by atoms with Gasteiger partial charge in [-0.25, -0.2) is 9.97 Å². The van der Waals surface area contributed by atoms with Crippen molar-refractivity contribution in [1.29, 1.82) is 0 Å². The van der Waals surface area contributed by atoms with E-state index in [1.165, 1.54) is 28.3 Å². The molecule has 0 saturated heterocycles. The number of amides is 1. The van der Waals surface area contributed by atoms with Gasteiger partial charge in [0.1, 0.15) is 6.54 Å². The zero-order valence-corrected chi connectivity index (χ0v) is 11.5. The molecule has 19 heavy (non-hydrogen) atoms. The van der Waals surface area contributed by atoms with Crippen molar-refractivity contribution in [3.05, 3.63) is 40.0 Å². The maximum absolute atomic E-state index is 11.8. The van der Waals surface area contributed by atoms with Gasteiger partial charge in [0.25, 0.3) is 5.56 Å². The lowest BCUT2D eigenvalue weighted by Crippen LogP contribution is -2.28. The second kappa shape index (κ2) is 5.75. The average Bonchev–Trinajstić information content (AvgIpc) is 2.84. The molecule has 2 rings (SSSR count). The number of hydrogen-bond donors (Lipinski definition) is 1. The van der Waals surface area contributed by atoms with Crippen molar-refractivity contribution in [2.75, 3.05) is 5.32 Å². The first-order valence-corrected chi connectivity index (χ1v) is 6.70. The summed E-state index contributed by atoms with van der Waals surface area (Å²) in [6, 6.07) is 1.46. The zero-order valence-electron chi connectivity index (χ0n) is 10.7. The molecule has 7 heteroatoms. The number of anilines is 1. The van der Waals surface area contributed by atoms with Gasteiger partial charge in [-0.2, -0.15) is 0 Å². The van der Waals surface area contributed by atoms with Crippen LogP contribution in [0.2, 0.25) is 0 Å². The SMILES string of the molecule is CC(C)c1cc(=O)n(CC(=O)Nc2nccs2)cn1. The number of aromatic nitrogens is 3. The number of nitrogens with zero attached hydrogens (tertiary/aromatic N) is 3. The van der Waals surface area contributed by atoms with Gasteiger partial charge in [-0.1, -0.05) is 13.8 Å². The Hall–Kier alpha value is -2.02. The summed E-state index contributed by atoms with van der Waals surface area (Å²) in [7, 11) is 0. The number of nitrogens with one attached hydrogen (secondary N) is 1. The van der Waals surface area contributed by atoms with E-state index >= 15 is 0 Å². The molecule has 1 N–H and O–H groups in total. The molecule has 0 unspecified atom stereocenters. The van der Waals surface area contributed by atoms with E-state index in [2.05, 4.69) is 15.3 Å². The number of carbonyl (C=O) groups is 1. The van der Waals surface area contributed by atoms with Crippen LogP contribution in [0.1, 0.15) is 25.5 Å². The zero-order chi connectivity index (χ0) is 13.8. The summed E-state index contributed by atoms with van der Waals surface area (Å²) < 4.78 is 1.27. The molecule has 2 aromatic rings. The Morgan fingerprint density at radius 3 is 2.84 bits per heavy atom. The average molecular weight is 278 g/mol. The van der Waals surface area contributed by atoms with Gasteiger partial charge in [-0.3, -0.25) is 14.2 Å². The summed E-state index contributed by atoms with van der Waals surface area (Å²) in [5, 5.41) is 4.90. The lowest BCUT2D eigenvalue weighted by atomic mass is 10.1. The molecule has 0 fully saturated rings. The molecule has 2 aromatic heterocycles. The summed E-state index contributed by atoms with van der Waals surface area (Å²) >= 11 is 1.33. The lowest BCUT2D eigenvalue weighted by Gasteiger charge is -2.07. The Kier molecular flexibility index (Phi) is 4.06. The van der Waals surface area contributed by atoms with Gasteiger partial charge in [0.05, 0.1) is 12.0 Å². The van der Waals surface area contributed by atoms with Crippen LogP contribution in [-0.2, 0) is 11.3 Å². The predicted octanol–water partition coefficient (Wildman–Crippen LogP) is 1.46. The number of rotatable bonds is 4. The van der Waals surface area contributed by atoms with Crippen molar-refractivity contribution in [2.45, 2.75) is 26.3 Å². The summed E-state index contributed by atoms with van der Waals surface area (Å²) in [5.41, 5.74) is 0.495. The normalized spacial score (nSPS) is 10.7. The quantitative estimate of drug-likeness (QED) is 0.918. The summed E-state index contributed by atoms with van der Waals surface area (Å²) in [4.78, 5) is 31.6. The third-order valence-corrected chi connectivity index (χ3v) is 3.17. The number of thiazole rings is 1. The summed E-state index contributed by atoms with van der Waals surface area (Å²) in [6.07, 6.45) is 3.00. The minimum Gasteiger partial charge on any atom is -0.300 e. The standard InChI is InChI=1S/C12H14N4O2S/c1-8(2)9-5-11(18)16(7-14-9)6-10(17)15-12-13-3-4-19-12/h3-5,7-8H,6H2,1-2H3,(H,13,15,17). The fraction of sp³-hybridized carbons (Fsp3) is 0.333. The van der Waals surface area contributed by atoms with Crippen LogP contribution in [0.4, 0.5) is 5.13 Å². The summed E-state index contributed by atoms with van der Waals surface area (Å²) in [5.74, 6) is -0.109. The molecule has 6 nitrogen and oxygen atoms in total. The van der Waals surface area contributed by atoms with E-state index in [0.29, 0.717) is 5.13 Å². The van der Waals surface area contributed by atoms with Crippen LogP contribution in [0.25, 0.3) is 0 Å². The lowest BCUT2D eigenvalue weighted by molar-refractivity contribution is -0.116. The van der Waals surface area contributed by atoms with Gasteiger partial charge < -0.3 is 5.32 Å². The number of carbonyl (C=O) groups excluding carboxylic acids is 1. The Labute approximate surface area is 114 Å². The Balaban J connectivity index is 2.07. The highest BCUT2D eigenvalue weighted by atomic mass is 32.1. The highest BCUT2D eigenvalue weighted by Crippen LogP contribution is 2.10. The third kappa shape index (κ3) is 3.47. The largest absolute Gasteiger partial charge is 0.300 e. The van der Waals surface area contributed by atoms with E-state index in [1.54, 1.807) is 11.6 Å². The van der Waals surface area contributed by atoms with Gasteiger partial charge in [-0.15, -0.1) is 11.3 Å². The highest BCUT2D eigenvalue weighted by molar-refractivity contribution is 7.13. The van der Waals surface area contributed by atoms with Crippen LogP contribution in [0.5, 0.6) is 0 Å². The van der Waals surface area contributed by atoms with E-state index in [0.717, 1.165) is 5.69 Å². The van der Waals surface area contributed by atoms with Crippen molar-refractivity contribution >= 4 is 22.4 Å². The molecule has 0 aliphatic heterocycles. The van der Waals surface area contributed by atoms with Crippen molar-refractivity contribution in [2.24, 2.45) is 0 Å². The molecule has 0 aliphatic rings. The molecule has 0 aromatic carbocycles. The van der Waals surface area contributed by atoms with Crippen molar-refractivity contribution < 1.29 is 4.79 Å². The summed E-state index contributed by atoms with van der Waals surface area (Å²) in [6.45, 7) is 3.85. The van der Waals surface area contributed by atoms with E-state index < -0.39 is 0 Å². The molecule has 0 radical (unpaired) electrons. The van der Waals surface area contributed by atoms with Crippen molar-refractivity contribution in [1.82, 2.24) is 14.5 Å². The van der Waals surface area contributed by atoms with Gasteiger partial charge in [-0.05, 0) is 5.92 Å². The molecular formula is C12H14N4O2S. The van der Waals surface area contributed by atoms with E-state index in [4.69, 9.17) is 0 Å². The van der Waals surface area contributed by atoms with Crippen LogP contribution < -0.4 is 10.9 Å². The first-order chi connectivity index (χ1) is 9.06. The van der Waals surface area contributed by atoms with Crippen molar-refractivity contribution in [3.63, 3.8) is 0 Å². The van der Waals surface area contributed by atoms with Crippen LogP contribution in [0, 0.1) is 0 Å². The minimum atomic E-state index is -0.295. The Morgan fingerprint density at radius 1 is 1.47 bits per heavy atom. The van der Waals surface area contributed by atoms with E-state index in [-0.39, 0.29) is 23.9 Å². The van der Waals surface area contributed by atoms with Gasteiger partial charge >= 0.3 is 0 Å². The van der Waals surface area contributed by atoms with Crippen molar-refractivity contribution in [3.8, 4) is 0 Å². The first kappa shape index (κ1) is 13.4. The molecule has 0 saturated carbocycles. The van der Waals surface area contributed by atoms with Crippen LogP contribution in [0.3, 0.4) is 0 Å². The molecule has 1 amide bonds. The fourth-order valence-electron chi connectivity index (χ4n) is 1.47. The fourth-order valence-corrected chi connectivity index (χ4v) is 2.02. The smallest absolute Gasteiger partial charge is 0.254 e. The minimum absolute atomic E-state index is 0.0657. The second-order valence-corrected chi connectivity index (χ2v) is 5.21. The van der Waals surface area contributed by atoms with Gasteiger partial charge in [0.2, 0.25) is 5.91 Å². The molecular weight excluding hydrogens is 264 g/mol. The maximum atomic E-state index is 11.8. The van der Waals surface area contributed by atoms with Crippen LogP contribution in [0.15, 0.2) is 28.8 Å². The van der Waals surface area contributed by atoms with Gasteiger partial charge in [0.15, 0.2) is 5.13 Å². The predicted molar refractivity (Wildman–Crippen MR) is 73.3 cm³/mol.